The molecule has 17 heavy (non-hydrogen) atoms. The topological polar surface area (TPSA) is 29.1 Å². The summed E-state index contributed by atoms with van der Waals surface area (Å²) in [6.07, 6.45) is 5.02. The third-order valence-corrected chi connectivity index (χ3v) is 3.77. The van der Waals surface area contributed by atoms with E-state index in [9.17, 15) is 4.79 Å². The maximum Gasteiger partial charge on any atom is 0.252 e. The number of halogens is 2. The summed E-state index contributed by atoms with van der Waals surface area (Å²) in [5.41, 5.74) is 0.535. The quantitative estimate of drug-likeness (QED) is 0.817. The highest BCUT2D eigenvalue weighted by Gasteiger charge is 2.20. The SMILES string of the molecule is O=C(NCCCC1CC1)c1cc(Br)ccc1Cl. The first-order chi connectivity index (χ1) is 8.16. The van der Waals surface area contributed by atoms with Gasteiger partial charge in [0.25, 0.3) is 5.91 Å². The molecule has 1 aliphatic carbocycles. The Kier molecular flexibility index (Phi) is 4.46. The highest BCUT2D eigenvalue weighted by molar-refractivity contribution is 9.10. The molecule has 1 aromatic rings. The van der Waals surface area contributed by atoms with Crippen molar-refractivity contribution in [3.05, 3.63) is 33.3 Å². The van der Waals surface area contributed by atoms with Gasteiger partial charge < -0.3 is 5.32 Å². The third-order valence-electron chi connectivity index (χ3n) is 2.94. The van der Waals surface area contributed by atoms with Crippen LogP contribution in [-0.4, -0.2) is 12.5 Å². The lowest BCUT2D eigenvalue weighted by molar-refractivity contribution is 0.0953. The maximum absolute atomic E-state index is 11.9. The average molecular weight is 317 g/mol. The van der Waals surface area contributed by atoms with Gasteiger partial charge in [-0.05, 0) is 37.0 Å². The van der Waals surface area contributed by atoms with E-state index in [1.165, 1.54) is 19.3 Å². The molecule has 0 atom stereocenters. The number of nitrogens with one attached hydrogen (secondary N) is 1. The molecule has 0 aromatic heterocycles. The predicted molar refractivity (Wildman–Crippen MR) is 73.4 cm³/mol. The number of hydrogen-bond acceptors (Lipinski definition) is 1. The molecule has 0 bridgehead atoms. The van der Waals surface area contributed by atoms with Crippen LogP contribution in [0.25, 0.3) is 0 Å². The van der Waals surface area contributed by atoms with E-state index in [-0.39, 0.29) is 5.91 Å². The Hall–Kier alpha value is -0.540. The molecule has 1 aliphatic rings. The van der Waals surface area contributed by atoms with Crippen LogP contribution in [0.2, 0.25) is 5.02 Å². The maximum atomic E-state index is 11.9. The molecule has 0 spiro atoms. The molecular weight excluding hydrogens is 302 g/mol. The number of rotatable bonds is 5. The fraction of sp³-hybridized carbons (Fsp3) is 0.462. The van der Waals surface area contributed by atoms with Crippen molar-refractivity contribution in [3.63, 3.8) is 0 Å². The fourth-order valence-corrected chi connectivity index (χ4v) is 2.33. The first-order valence-corrected chi connectivity index (χ1v) is 7.07. The predicted octanol–water partition coefficient (Wildman–Crippen LogP) is 4.02. The summed E-state index contributed by atoms with van der Waals surface area (Å²) >= 11 is 9.32. The first-order valence-electron chi connectivity index (χ1n) is 5.90. The van der Waals surface area contributed by atoms with Gasteiger partial charge in [-0.2, -0.15) is 0 Å². The van der Waals surface area contributed by atoms with Crippen LogP contribution >= 0.6 is 27.5 Å². The zero-order valence-electron chi connectivity index (χ0n) is 9.51. The van der Waals surface area contributed by atoms with Crippen molar-refractivity contribution < 1.29 is 4.79 Å². The number of carbonyl (C=O) groups excluding carboxylic acids is 1. The number of hydrogen-bond donors (Lipinski definition) is 1. The molecule has 92 valence electrons. The monoisotopic (exact) mass is 315 g/mol. The van der Waals surface area contributed by atoms with Crippen LogP contribution in [0.3, 0.4) is 0 Å². The van der Waals surface area contributed by atoms with Crippen molar-refractivity contribution in [1.82, 2.24) is 5.32 Å². The lowest BCUT2D eigenvalue weighted by Crippen LogP contribution is -2.24. The smallest absolute Gasteiger partial charge is 0.252 e. The van der Waals surface area contributed by atoms with Crippen LogP contribution in [0.1, 0.15) is 36.0 Å². The van der Waals surface area contributed by atoms with Crippen molar-refractivity contribution in [2.24, 2.45) is 5.92 Å². The van der Waals surface area contributed by atoms with Gasteiger partial charge in [0.2, 0.25) is 0 Å². The summed E-state index contributed by atoms with van der Waals surface area (Å²) in [5, 5.41) is 3.40. The van der Waals surface area contributed by atoms with Crippen molar-refractivity contribution in [1.29, 1.82) is 0 Å². The van der Waals surface area contributed by atoms with Crippen molar-refractivity contribution in [2.75, 3.05) is 6.54 Å². The number of amides is 1. The van der Waals surface area contributed by atoms with E-state index in [1.54, 1.807) is 12.1 Å². The Morgan fingerprint density at radius 3 is 2.94 bits per heavy atom. The second kappa shape index (κ2) is 5.87. The van der Waals surface area contributed by atoms with Gasteiger partial charge in [-0.3, -0.25) is 4.79 Å². The minimum Gasteiger partial charge on any atom is -0.352 e. The van der Waals surface area contributed by atoms with Gasteiger partial charge >= 0.3 is 0 Å². The van der Waals surface area contributed by atoms with Gasteiger partial charge in [0.1, 0.15) is 0 Å². The lowest BCUT2D eigenvalue weighted by Gasteiger charge is -2.07. The molecule has 0 heterocycles. The molecule has 1 aromatic carbocycles. The normalized spacial score (nSPS) is 14.7. The fourth-order valence-electron chi connectivity index (χ4n) is 1.77. The van der Waals surface area contributed by atoms with Crippen molar-refractivity contribution in [2.45, 2.75) is 25.7 Å². The highest BCUT2D eigenvalue weighted by Crippen LogP contribution is 2.33. The first kappa shape index (κ1) is 12.9. The molecular formula is C13H15BrClNO. The molecule has 0 radical (unpaired) electrons. The van der Waals surface area contributed by atoms with Gasteiger partial charge in [-0.25, -0.2) is 0 Å². The minimum atomic E-state index is -0.0907. The summed E-state index contributed by atoms with van der Waals surface area (Å²) in [4.78, 5) is 11.9. The molecule has 1 N–H and O–H groups in total. The van der Waals surface area contributed by atoms with E-state index >= 15 is 0 Å². The van der Waals surface area contributed by atoms with Crippen molar-refractivity contribution >= 4 is 33.4 Å². The molecule has 1 amide bonds. The molecule has 4 heteroatoms. The summed E-state index contributed by atoms with van der Waals surface area (Å²) in [7, 11) is 0. The zero-order valence-corrected chi connectivity index (χ0v) is 11.9. The molecule has 2 rings (SSSR count). The van der Waals surface area contributed by atoms with Crippen LogP contribution in [0.4, 0.5) is 0 Å². The summed E-state index contributed by atoms with van der Waals surface area (Å²) in [6, 6.07) is 5.30. The summed E-state index contributed by atoms with van der Waals surface area (Å²) in [6.45, 7) is 0.734. The Morgan fingerprint density at radius 2 is 2.24 bits per heavy atom. The molecule has 0 unspecified atom stereocenters. The van der Waals surface area contributed by atoms with Crippen LogP contribution < -0.4 is 5.32 Å². The molecule has 0 saturated heterocycles. The number of carbonyl (C=O) groups is 1. The Morgan fingerprint density at radius 1 is 1.47 bits per heavy atom. The minimum absolute atomic E-state index is 0.0907. The number of benzene rings is 1. The van der Waals surface area contributed by atoms with Crippen molar-refractivity contribution in [3.8, 4) is 0 Å². The van der Waals surface area contributed by atoms with Crippen LogP contribution in [0.5, 0.6) is 0 Å². The van der Waals surface area contributed by atoms with E-state index in [1.807, 2.05) is 6.07 Å². The molecule has 0 aliphatic heterocycles. The largest absolute Gasteiger partial charge is 0.352 e. The second-order valence-corrected chi connectivity index (χ2v) is 5.79. The van der Waals surface area contributed by atoms with E-state index in [2.05, 4.69) is 21.2 Å². The van der Waals surface area contributed by atoms with Gasteiger partial charge in [-0.15, -0.1) is 0 Å². The Bertz CT molecular complexity index is 418. The van der Waals surface area contributed by atoms with Gasteiger partial charge in [0, 0.05) is 11.0 Å². The lowest BCUT2D eigenvalue weighted by atomic mass is 10.2. The Labute approximate surface area is 115 Å². The van der Waals surface area contributed by atoms with Crippen LogP contribution in [0, 0.1) is 5.92 Å². The Balaban J connectivity index is 1.82. The summed E-state index contributed by atoms with van der Waals surface area (Å²) < 4.78 is 0.866. The van der Waals surface area contributed by atoms with Gasteiger partial charge in [0.15, 0.2) is 0 Å². The van der Waals surface area contributed by atoms with E-state index in [0.717, 1.165) is 23.4 Å². The molecule has 1 fully saturated rings. The standard InChI is InChI=1S/C13H15BrClNO/c14-10-5-6-12(15)11(8-10)13(17)16-7-1-2-9-3-4-9/h5-6,8-9H,1-4,7H2,(H,16,17). The van der Waals surface area contributed by atoms with Gasteiger partial charge in [-0.1, -0.05) is 40.4 Å². The third kappa shape index (κ3) is 4.00. The van der Waals surface area contributed by atoms with E-state index in [4.69, 9.17) is 11.6 Å². The zero-order chi connectivity index (χ0) is 12.3. The highest BCUT2D eigenvalue weighted by atomic mass is 79.9. The molecule has 2 nitrogen and oxygen atoms in total. The average Bonchev–Trinajstić information content (AvgIpc) is 3.11. The summed E-state index contributed by atoms with van der Waals surface area (Å²) in [5.74, 6) is 0.827. The van der Waals surface area contributed by atoms with E-state index in [0.29, 0.717) is 10.6 Å². The second-order valence-electron chi connectivity index (χ2n) is 4.47. The molecule has 1 saturated carbocycles. The van der Waals surface area contributed by atoms with Crippen LogP contribution in [-0.2, 0) is 0 Å². The van der Waals surface area contributed by atoms with Gasteiger partial charge in [0.05, 0.1) is 10.6 Å². The van der Waals surface area contributed by atoms with Crippen LogP contribution in [0.15, 0.2) is 22.7 Å². The van der Waals surface area contributed by atoms with E-state index < -0.39 is 0 Å².